The van der Waals surface area contributed by atoms with Gasteiger partial charge in [-0.15, -0.1) is 0 Å². The summed E-state index contributed by atoms with van der Waals surface area (Å²) in [6.07, 6.45) is -0.439. The Morgan fingerprint density at radius 3 is 2.28 bits per heavy atom. The van der Waals surface area contributed by atoms with Crippen LogP contribution in [0.25, 0.3) is 0 Å². The molecule has 0 atom stereocenters. The summed E-state index contributed by atoms with van der Waals surface area (Å²) in [5, 5.41) is 0. The van der Waals surface area contributed by atoms with Crippen molar-refractivity contribution < 1.29 is 9.53 Å². The minimum atomic E-state index is -0.439. The highest BCUT2D eigenvalue weighted by Crippen LogP contribution is 2.17. The summed E-state index contributed by atoms with van der Waals surface area (Å²) in [7, 11) is 1.65. The minimum Gasteiger partial charge on any atom is -0.410 e. The van der Waals surface area contributed by atoms with Crippen molar-refractivity contribution in [3.05, 3.63) is 54.6 Å². The van der Waals surface area contributed by atoms with Gasteiger partial charge in [0.2, 0.25) is 0 Å². The third-order valence-corrected chi connectivity index (χ3v) is 2.50. The molecule has 0 aliphatic rings. The molecule has 92 valence electrons. The van der Waals surface area contributed by atoms with Crippen LogP contribution in [-0.2, 0) is 0 Å². The van der Waals surface area contributed by atoms with Gasteiger partial charge in [0.05, 0.1) is 0 Å². The van der Waals surface area contributed by atoms with Crippen LogP contribution in [0, 0.1) is 0 Å². The lowest BCUT2D eigenvalue weighted by Crippen LogP contribution is -2.29. The lowest BCUT2D eigenvalue weighted by molar-refractivity contribution is 0.209. The fourth-order valence-electron chi connectivity index (χ4n) is 1.46. The largest absolute Gasteiger partial charge is 0.419 e. The summed E-state index contributed by atoms with van der Waals surface area (Å²) < 4.78 is 5.22. The number of amides is 1. The van der Waals surface area contributed by atoms with E-state index in [1.165, 1.54) is 4.90 Å². The molecule has 0 aliphatic heterocycles. The van der Waals surface area contributed by atoms with E-state index in [-0.39, 0.29) is 0 Å². The fourth-order valence-corrected chi connectivity index (χ4v) is 1.46. The van der Waals surface area contributed by atoms with Gasteiger partial charge in [-0.05, 0) is 36.4 Å². The number of nitrogens with two attached hydrogens (primary N) is 1. The molecule has 0 saturated heterocycles. The molecule has 1 amide bonds. The average molecular weight is 242 g/mol. The number of benzene rings is 2. The molecule has 0 fully saturated rings. The number of nitrogens with zero attached hydrogens (tertiary/aromatic N) is 1. The second-order valence-corrected chi connectivity index (χ2v) is 3.83. The van der Waals surface area contributed by atoms with E-state index >= 15 is 0 Å². The lowest BCUT2D eigenvalue weighted by Gasteiger charge is -2.16. The molecule has 4 heteroatoms. The number of hydrogen-bond acceptors (Lipinski definition) is 3. The highest BCUT2D eigenvalue weighted by molar-refractivity contribution is 5.88. The highest BCUT2D eigenvalue weighted by atomic mass is 16.6. The predicted octanol–water partition coefficient (Wildman–Crippen LogP) is 2.90. The van der Waals surface area contributed by atoms with E-state index in [1.54, 1.807) is 43.4 Å². The van der Waals surface area contributed by atoms with E-state index in [4.69, 9.17) is 10.5 Å². The van der Waals surface area contributed by atoms with Crippen molar-refractivity contribution in [2.24, 2.45) is 0 Å². The Hall–Kier alpha value is -2.49. The standard InChI is InChI=1S/C14H14N2O2/c1-16(12-9-7-11(15)8-10-12)14(17)18-13-5-3-2-4-6-13/h2-10H,15H2,1H3. The van der Waals surface area contributed by atoms with Crippen LogP contribution in [-0.4, -0.2) is 13.1 Å². The summed E-state index contributed by atoms with van der Waals surface area (Å²) >= 11 is 0. The SMILES string of the molecule is CN(C(=O)Oc1ccccc1)c1ccc(N)cc1. The molecule has 0 saturated carbocycles. The normalized spacial score (nSPS) is 9.83. The molecule has 0 unspecified atom stereocenters. The van der Waals surface area contributed by atoms with E-state index in [1.807, 2.05) is 18.2 Å². The van der Waals surface area contributed by atoms with E-state index in [2.05, 4.69) is 0 Å². The van der Waals surface area contributed by atoms with Gasteiger partial charge in [-0.25, -0.2) is 4.79 Å². The van der Waals surface area contributed by atoms with Crippen molar-refractivity contribution in [1.29, 1.82) is 0 Å². The number of nitrogen functional groups attached to an aromatic ring is 1. The monoisotopic (exact) mass is 242 g/mol. The number of para-hydroxylation sites is 1. The Morgan fingerprint density at radius 2 is 1.67 bits per heavy atom. The van der Waals surface area contributed by atoms with Crippen molar-refractivity contribution in [1.82, 2.24) is 0 Å². The van der Waals surface area contributed by atoms with Crippen LogP contribution in [0.1, 0.15) is 0 Å². The molecule has 4 nitrogen and oxygen atoms in total. The van der Waals surface area contributed by atoms with E-state index in [0.717, 1.165) is 5.69 Å². The summed E-state index contributed by atoms with van der Waals surface area (Å²) in [4.78, 5) is 13.3. The summed E-state index contributed by atoms with van der Waals surface area (Å²) in [5.41, 5.74) is 6.97. The second-order valence-electron chi connectivity index (χ2n) is 3.83. The van der Waals surface area contributed by atoms with Crippen LogP contribution < -0.4 is 15.4 Å². The Kier molecular flexibility index (Phi) is 3.48. The molecular weight excluding hydrogens is 228 g/mol. The van der Waals surface area contributed by atoms with Gasteiger partial charge in [0, 0.05) is 18.4 Å². The Labute approximate surface area is 106 Å². The minimum absolute atomic E-state index is 0.439. The maximum Gasteiger partial charge on any atom is 0.419 e. The Morgan fingerprint density at radius 1 is 1.06 bits per heavy atom. The molecule has 0 aromatic heterocycles. The molecule has 0 bridgehead atoms. The van der Waals surface area contributed by atoms with Gasteiger partial charge in [0.15, 0.2) is 0 Å². The van der Waals surface area contributed by atoms with Gasteiger partial charge in [0.1, 0.15) is 5.75 Å². The van der Waals surface area contributed by atoms with Crippen LogP contribution in [0.2, 0.25) is 0 Å². The molecule has 2 aromatic rings. The van der Waals surface area contributed by atoms with Crippen LogP contribution in [0.5, 0.6) is 5.75 Å². The van der Waals surface area contributed by atoms with Crippen molar-refractivity contribution in [2.75, 3.05) is 17.7 Å². The first-order valence-corrected chi connectivity index (χ1v) is 5.53. The molecule has 0 radical (unpaired) electrons. The summed E-state index contributed by atoms with van der Waals surface area (Å²) in [6.45, 7) is 0. The van der Waals surface area contributed by atoms with Gasteiger partial charge >= 0.3 is 6.09 Å². The van der Waals surface area contributed by atoms with Crippen molar-refractivity contribution >= 4 is 17.5 Å². The molecule has 0 heterocycles. The first kappa shape index (κ1) is 12.0. The lowest BCUT2D eigenvalue weighted by atomic mass is 10.3. The molecule has 0 spiro atoms. The van der Waals surface area contributed by atoms with Crippen molar-refractivity contribution in [3.8, 4) is 5.75 Å². The Bertz CT molecular complexity index is 523. The van der Waals surface area contributed by atoms with Crippen LogP contribution in [0.4, 0.5) is 16.2 Å². The quantitative estimate of drug-likeness (QED) is 0.824. The first-order valence-electron chi connectivity index (χ1n) is 5.53. The zero-order valence-electron chi connectivity index (χ0n) is 10.0. The average Bonchev–Trinajstić information content (AvgIpc) is 2.40. The molecular formula is C14H14N2O2. The number of rotatable bonds is 2. The maximum atomic E-state index is 11.9. The van der Waals surface area contributed by atoms with Gasteiger partial charge in [-0.3, -0.25) is 4.90 Å². The number of hydrogen-bond donors (Lipinski definition) is 1. The van der Waals surface area contributed by atoms with Crippen molar-refractivity contribution in [3.63, 3.8) is 0 Å². The first-order chi connectivity index (χ1) is 8.66. The number of anilines is 2. The number of carbonyl (C=O) groups excluding carboxylic acids is 1. The second kappa shape index (κ2) is 5.23. The smallest absolute Gasteiger partial charge is 0.410 e. The predicted molar refractivity (Wildman–Crippen MR) is 71.7 cm³/mol. The van der Waals surface area contributed by atoms with Gasteiger partial charge in [-0.2, -0.15) is 0 Å². The van der Waals surface area contributed by atoms with E-state index < -0.39 is 6.09 Å². The third kappa shape index (κ3) is 2.79. The van der Waals surface area contributed by atoms with Gasteiger partial charge < -0.3 is 10.5 Å². The molecule has 18 heavy (non-hydrogen) atoms. The molecule has 0 aliphatic carbocycles. The van der Waals surface area contributed by atoms with Gasteiger partial charge in [0.25, 0.3) is 0 Å². The van der Waals surface area contributed by atoms with Crippen LogP contribution in [0.3, 0.4) is 0 Å². The zero-order chi connectivity index (χ0) is 13.0. The van der Waals surface area contributed by atoms with Crippen LogP contribution >= 0.6 is 0 Å². The molecule has 2 aromatic carbocycles. The number of carbonyl (C=O) groups is 1. The maximum absolute atomic E-state index is 11.9. The number of ether oxygens (including phenoxy) is 1. The highest BCUT2D eigenvalue weighted by Gasteiger charge is 2.12. The summed E-state index contributed by atoms with van der Waals surface area (Å²) in [5.74, 6) is 0.518. The molecule has 2 rings (SSSR count). The van der Waals surface area contributed by atoms with Crippen molar-refractivity contribution in [2.45, 2.75) is 0 Å². The van der Waals surface area contributed by atoms with Gasteiger partial charge in [-0.1, -0.05) is 18.2 Å². The third-order valence-electron chi connectivity index (χ3n) is 2.50. The zero-order valence-corrected chi connectivity index (χ0v) is 10.0. The molecule has 2 N–H and O–H groups in total. The van der Waals surface area contributed by atoms with E-state index in [0.29, 0.717) is 11.4 Å². The van der Waals surface area contributed by atoms with E-state index in [9.17, 15) is 4.79 Å². The van der Waals surface area contributed by atoms with Crippen LogP contribution in [0.15, 0.2) is 54.6 Å². The fraction of sp³-hybridized carbons (Fsp3) is 0.0714. The Balaban J connectivity index is 2.07. The summed E-state index contributed by atoms with van der Waals surface area (Å²) in [6, 6.07) is 16.0. The topological polar surface area (TPSA) is 55.6 Å².